The molecule has 0 fully saturated rings. The van der Waals surface area contributed by atoms with Crippen LogP contribution in [0.15, 0.2) is 42.5 Å². The van der Waals surface area contributed by atoms with Gasteiger partial charge in [0, 0.05) is 33.6 Å². The smallest absolute Gasteiger partial charge is 0.270 e. The number of benzene rings is 2. The number of non-ortho nitro benzene ring substituents is 1. The molecule has 6 nitrogen and oxygen atoms in total. The van der Waals surface area contributed by atoms with E-state index in [2.05, 4.69) is 27.9 Å². The fraction of sp³-hybridized carbons (Fsp3) is 0.143. The summed E-state index contributed by atoms with van der Waals surface area (Å²) in [6.45, 7) is 1.08. The van der Waals surface area contributed by atoms with Gasteiger partial charge >= 0.3 is 0 Å². The summed E-state index contributed by atoms with van der Waals surface area (Å²) in [6.07, 6.45) is 0. The Labute approximate surface area is 135 Å². The third-order valence-corrected chi connectivity index (χ3v) is 3.62. The number of nitrogens with zero attached hydrogens (tertiary/aromatic N) is 1. The van der Waals surface area contributed by atoms with Crippen molar-refractivity contribution >= 4 is 39.7 Å². The number of nitro groups is 1. The molecule has 0 amide bonds. The second-order valence-corrected chi connectivity index (χ2v) is 5.43. The predicted molar refractivity (Wildman–Crippen MR) is 90.7 cm³/mol. The Balaban J connectivity index is 1.83. The van der Waals surface area contributed by atoms with Crippen LogP contribution in [0.5, 0.6) is 5.75 Å². The molecule has 0 saturated heterocycles. The number of nitrogens with one attached hydrogen (secondary N) is 1. The number of hydrogen-bond donors (Lipinski definition) is 2. The van der Waals surface area contributed by atoms with E-state index in [9.17, 15) is 10.1 Å². The first kappa shape index (κ1) is 15.4. The normalized spacial score (nSPS) is 10.1. The molecular formula is C14H14IN3O3. The highest BCUT2D eigenvalue weighted by Crippen LogP contribution is 2.23. The van der Waals surface area contributed by atoms with Crippen LogP contribution >= 0.6 is 22.6 Å². The standard InChI is InChI=1S/C14H14IN3O3/c15-13-9-11(18(19)20)3-6-14(13)17-7-8-21-12-4-1-10(16)2-5-12/h1-6,9,17H,7-8,16H2. The van der Waals surface area contributed by atoms with Gasteiger partial charge in [0.15, 0.2) is 0 Å². The average Bonchev–Trinajstić information content (AvgIpc) is 2.46. The van der Waals surface area contributed by atoms with Gasteiger partial charge in [0.05, 0.1) is 4.92 Å². The number of nitrogen functional groups attached to an aromatic ring is 1. The third-order valence-electron chi connectivity index (χ3n) is 2.73. The Kier molecular flexibility index (Phi) is 5.20. The van der Waals surface area contributed by atoms with Crippen LogP contribution in [0.1, 0.15) is 0 Å². The number of hydrogen-bond acceptors (Lipinski definition) is 5. The topological polar surface area (TPSA) is 90.4 Å². The third kappa shape index (κ3) is 4.48. The second-order valence-electron chi connectivity index (χ2n) is 4.27. The van der Waals surface area contributed by atoms with Crippen LogP contribution in [0.25, 0.3) is 0 Å². The Morgan fingerprint density at radius 3 is 2.57 bits per heavy atom. The molecular weight excluding hydrogens is 385 g/mol. The molecule has 2 rings (SSSR count). The highest BCUT2D eigenvalue weighted by Gasteiger charge is 2.08. The maximum Gasteiger partial charge on any atom is 0.270 e. The van der Waals surface area contributed by atoms with Crippen molar-refractivity contribution in [1.82, 2.24) is 0 Å². The van der Waals surface area contributed by atoms with E-state index in [0.29, 0.717) is 18.8 Å². The van der Waals surface area contributed by atoms with Gasteiger partial charge in [-0.2, -0.15) is 0 Å². The number of halogens is 1. The van der Waals surface area contributed by atoms with E-state index < -0.39 is 4.92 Å². The Morgan fingerprint density at radius 2 is 1.95 bits per heavy atom. The van der Waals surface area contributed by atoms with Crippen molar-refractivity contribution in [3.63, 3.8) is 0 Å². The lowest BCUT2D eigenvalue weighted by molar-refractivity contribution is -0.384. The minimum Gasteiger partial charge on any atom is -0.492 e. The molecule has 0 aliphatic carbocycles. The molecule has 7 heteroatoms. The summed E-state index contributed by atoms with van der Waals surface area (Å²) < 4.78 is 6.36. The van der Waals surface area contributed by atoms with Crippen LogP contribution in [0.2, 0.25) is 0 Å². The van der Waals surface area contributed by atoms with Crippen molar-refractivity contribution in [2.24, 2.45) is 0 Å². The van der Waals surface area contributed by atoms with Crippen LogP contribution in [-0.4, -0.2) is 18.1 Å². The number of nitrogens with two attached hydrogens (primary N) is 1. The monoisotopic (exact) mass is 399 g/mol. The van der Waals surface area contributed by atoms with Gasteiger partial charge in [0.25, 0.3) is 5.69 Å². The van der Waals surface area contributed by atoms with Gasteiger partial charge < -0.3 is 15.8 Å². The Bertz CT molecular complexity index is 632. The fourth-order valence-corrected chi connectivity index (χ4v) is 2.37. The van der Waals surface area contributed by atoms with Crippen LogP contribution in [0, 0.1) is 13.7 Å². The van der Waals surface area contributed by atoms with E-state index in [-0.39, 0.29) is 5.69 Å². The van der Waals surface area contributed by atoms with Gasteiger partial charge in [-0.1, -0.05) is 0 Å². The zero-order valence-electron chi connectivity index (χ0n) is 11.1. The predicted octanol–water partition coefficient (Wildman–Crippen LogP) is 3.27. The van der Waals surface area contributed by atoms with Crippen molar-refractivity contribution < 1.29 is 9.66 Å². The second kappa shape index (κ2) is 7.11. The molecule has 0 heterocycles. The van der Waals surface area contributed by atoms with Crippen molar-refractivity contribution in [2.75, 3.05) is 24.2 Å². The maximum absolute atomic E-state index is 10.7. The van der Waals surface area contributed by atoms with Crippen molar-refractivity contribution in [1.29, 1.82) is 0 Å². The van der Waals surface area contributed by atoms with Crippen molar-refractivity contribution in [3.8, 4) is 5.75 Å². The maximum atomic E-state index is 10.7. The largest absolute Gasteiger partial charge is 0.492 e. The number of nitro benzene ring substituents is 1. The van der Waals surface area contributed by atoms with E-state index >= 15 is 0 Å². The molecule has 110 valence electrons. The van der Waals surface area contributed by atoms with Gasteiger partial charge in [-0.25, -0.2) is 0 Å². The van der Waals surface area contributed by atoms with Crippen LogP contribution in [-0.2, 0) is 0 Å². The summed E-state index contributed by atoms with van der Waals surface area (Å²) in [7, 11) is 0. The number of anilines is 2. The summed E-state index contributed by atoms with van der Waals surface area (Å²) in [5, 5.41) is 13.8. The Morgan fingerprint density at radius 1 is 1.24 bits per heavy atom. The van der Waals surface area contributed by atoms with Crippen LogP contribution in [0.4, 0.5) is 17.1 Å². The first-order valence-electron chi connectivity index (χ1n) is 6.22. The van der Waals surface area contributed by atoms with Gasteiger partial charge in [0.1, 0.15) is 12.4 Å². The highest BCUT2D eigenvalue weighted by atomic mass is 127. The van der Waals surface area contributed by atoms with Gasteiger partial charge in [-0.05, 0) is 52.9 Å². The SMILES string of the molecule is Nc1ccc(OCCNc2ccc([N+](=O)[O-])cc2I)cc1. The first-order chi connectivity index (χ1) is 10.1. The fourth-order valence-electron chi connectivity index (χ4n) is 1.68. The molecule has 21 heavy (non-hydrogen) atoms. The lowest BCUT2D eigenvalue weighted by atomic mass is 10.3. The quantitative estimate of drug-likeness (QED) is 0.256. The van der Waals surface area contributed by atoms with Crippen LogP contribution < -0.4 is 15.8 Å². The molecule has 0 aliphatic rings. The van der Waals surface area contributed by atoms with Crippen LogP contribution in [0.3, 0.4) is 0 Å². The minimum absolute atomic E-state index is 0.0862. The van der Waals surface area contributed by atoms with Gasteiger partial charge in [-0.15, -0.1) is 0 Å². The van der Waals surface area contributed by atoms with Gasteiger partial charge in [0.2, 0.25) is 0 Å². The molecule has 0 radical (unpaired) electrons. The number of ether oxygens (including phenoxy) is 1. The van der Waals surface area contributed by atoms with Crippen molar-refractivity contribution in [3.05, 3.63) is 56.1 Å². The highest BCUT2D eigenvalue weighted by molar-refractivity contribution is 14.1. The van der Waals surface area contributed by atoms with E-state index in [0.717, 1.165) is 15.0 Å². The molecule has 0 bridgehead atoms. The molecule has 3 N–H and O–H groups in total. The molecule has 2 aromatic rings. The lowest BCUT2D eigenvalue weighted by Gasteiger charge is -2.10. The summed E-state index contributed by atoms with van der Waals surface area (Å²) in [5.74, 6) is 0.754. The molecule has 0 saturated carbocycles. The average molecular weight is 399 g/mol. The van der Waals surface area contributed by atoms with E-state index in [1.807, 2.05) is 12.1 Å². The zero-order chi connectivity index (χ0) is 15.2. The summed E-state index contributed by atoms with van der Waals surface area (Å²) in [4.78, 5) is 10.3. The molecule has 0 aliphatic heterocycles. The van der Waals surface area contributed by atoms with E-state index in [4.69, 9.17) is 10.5 Å². The molecule has 0 atom stereocenters. The van der Waals surface area contributed by atoms with E-state index in [1.165, 1.54) is 12.1 Å². The first-order valence-corrected chi connectivity index (χ1v) is 7.30. The Hall–Kier alpha value is -2.03. The molecule has 0 aromatic heterocycles. The lowest BCUT2D eigenvalue weighted by Crippen LogP contribution is -2.12. The van der Waals surface area contributed by atoms with E-state index in [1.54, 1.807) is 18.2 Å². The minimum atomic E-state index is -0.407. The molecule has 0 spiro atoms. The zero-order valence-corrected chi connectivity index (χ0v) is 13.2. The molecule has 0 unspecified atom stereocenters. The van der Waals surface area contributed by atoms with Gasteiger partial charge in [-0.3, -0.25) is 10.1 Å². The summed E-state index contributed by atoms with van der Waals surface area (Å²) in [6, 6.07) is 11.9. The molecule has 2 aromatic carbocycles. The summed E-state index contributed by atoms with van der Waals surface area (Å²) in [5.41, 5.74) is 7.22. The summed E-state index contributed by atoms with van der Waals surface area (Å²) >= 11 is 2.06. The number of rotatable bonds is 6. The van der Waals surface area contributed by atoms with Crippen molar-refractivity contribution in [2.45, 2.75) is 0 Å².